The highest BCUT2D eigenvalue weighted by Crippen LogP contribution is 2.08. The van der Waals surface area contributed by atoms with E-state index in [1.54, 1.807) is 6.20 Å². The summed E-state index contributed by atoms with van der Waals surface area (Å²) in [5.74, 6) is 0.0806. The molecule has 1 aromatic rings. The lowest BCUT2D eigenvalue weighted by Crippen LogP contribution is -2.17. The normalized spacial score (nSPS) is 12.4. The fraction of sp³-hybridized carbons (Fsp3) is 0.600. The van der Waals surface area contributed by atoms with E-state index < -0.39 is 5.97 Å². The van der Waals surface area contributed by atoms with Crippen LogP contribution in [0.1, 0.15) is 26.2 Å². The van der Waals surface area contributed by atoms with Gasteiger partial charge in [0.05, 0.1) is 0 Å². The van der Waals surface area contributed by atoms with Crippen LogP contribution < -0.4 is 5.32 Å². The molecule has 0 radical (unpaired) electrons. The smallest absolute Gasteiger partial charge is 0.303 e. The number of nitrogens with one attached hydrogen (secondary N) is 1. The van der Waals surface area contributed by atoms with Gasteiger partial charge in [0.1, 0.15) is 0 Å². The summed E-state index contributed by atoms with van der Waals surface area (Å²) in [4.78, 5) is 14.4. The molecular weight excluding hydrogens is 194 g/mol. The van der Waals surface area contributed by atoms with Gasteiger partial charge in [-0.3, -0.25) is 4.79 Å². The average Bonchev–Trinajstić information content (AvgIpc) is 2.51. The molecule has 84 valence electrons. The van der Waals surface area contributed by atoms with Crippen molar-refractivity contribution in [1.82, 2.24) is 9.55 Å². The van der Waals surface area contributed by atoms with Crippen molar-refractivity contribution < 1.29 is 9.90 Å². The highest BCUT2D eigenvalue weighted by molar-refractivity contribution is 5.66. The molecule has 0 spiro atoms. The second-order valence-corrected chi connectivity index (χ2v) is 3.69. The van der Waals surface area contributed by atoms with Gasteiger partial charge in [-0.25, -0.2) is 4.98 Å². The third kappa shape index (κ3) is 4.01. The largest absolute Gasteiger partial charge is 0.481 e. The van der Waals surface area contributed by atoms with Gasteiger partial charge < -0.3 is 15.0 Å². The predicted molar refractivity (Wildman–Crippen MR) is 57.8 cm³/mol. The first kappa shape index (κ1) is 11.6. The van der Waals surface area contributed by atoms with E-state index in [0.29, 0.717) is 6.42 Å². The average molecular weight is 211 g/mol. The molecule has 0 aromatic carbocycles. The van der Waals surface area contributed by atoms with E-state index in [9.17, 15) is 4.79 Å². The Morgan fingerprint density at radius 2 is 2.47 bits per heavy atom. The minimum absolute atomic E-state index is 0.229. The number of aryl methyl sites for hydroxylation is 1. The van der Waals surface area contributed by atoms with Crippen LogP contribution in [0.2, 0.25) is 0 Å². The van der Waals surface area contributed by atoms with E-state index in [1.807, 2.05) is 24.7 Å². The van der Waals surface area contributed by atoms with E-state index in [2.05, 4.69) is 10.3 Å². The Hall–Kier alpha value is -1.52. The molecule has 1 atom stereocenters. The Bertz CT molecular complexity index is 322. The molecule has 0 saturated carbocycles. The Balaban J connectivity index is 2.27. The molecule has 1 rings (SSSR count). The number of rotatable bonds is 6. The second-order valence-electron chi connectivity index (χ2n) is 3.69. The predicted octanol–water partition coefficient (Wildman–Crippen LogP) is 1.48. The van der Waals surface area contributed by atoms with E-state index in [0.717, 1.165) is 12.4 Å². The van der Waals surface area contributed by atoms with Crippen molar-refractivity contribution in [2.45, 2.75) is 32.2 Å². The molecule has 0 aliphatic carbocycles. The van der Waals surface area contributed by atoms with E-state index in [-0.39, 0.29) is 12.5 Å². The minimum atomic E-state index is -0.737. The fourth-order valence-electron chi connectivity index (χ4n) is 1.36. The lowest BCUT2D eigenvalue weighted by atomic mass is 10.1. The summed E-state index contributed by atoms with van der Waals surface area (Å²) >= 11 is 0. The first-order valence-electron chi connectivity index (χ1n) is 5.05. The number of hydrogen-bond acceptors (Lipinski definition) is 3. The van der Waals surface area contributed by atoms with Crippen LogP contribution in [-0.4, -0.2) is 26.7 Å². The Morgan fingerprint density at radius 1 is 1.73 bits per heavy atom. The van der Waals surface area contributed by atoms with Crippen LogP contribution in [0.5, 0.6) is 0 Å². The van der Waals surface area contributed by atoms with Crippen LogP contribution in [0.15, 0.2) is 12.4 Å². The van der Waals surface area contributed by atoms with Crippen LogP contribution in [0, 0.1) is 0 Å². The number of aliphatic carboxylic acids is 1. The molecule has 0 bridgehead atoms. The standard InChI is InChI=1S/C10H17N3O2/c1-8(4-3-5-9(14)15)12-10-11-6-7-13(10)2/h6-8H,3-5H2,1-2H3,(H,11,12)(H,14,15). The lowest BCUT2D eigenvalue weighted by molar-refractivity contribution is -0.137. The van der Waals surface area contributed by atoms with Crippen molar-refractivity contribution in [3.05, 3.63) is 12.4 Å². The van der Waals surface area contributed by atoms with Gasteiger partial charge in [-0.15, -0.1) is 0 Å². The molecule has 0 saturated heterocycles. The maximum Gasteiger partial charge on any atom is 0.303 e. The van der Waals surface area contributed by atoms with Crippen LogP contribution in [0.4, 0.5) is 5.95 Å². The van der Waals surface area contributed by atoms with Crippen molar-refractivity contribution in [1.29, 1.82) is 0 Å². The van der Waals surface area contributed by atoms with Crippen molar-refractivity contribution in [3.8, 4) is 0 Å². The molecule has 2 N–H and O–H groups in total. The highest BCUT2D eigenvalue weighted by Gasteiger charge is 2.06. The number of aromatic nitrogens is 2. The molecule has 0 aliphatic heterocycles. The molecule has 15 heavy (non-hydrogen) atoms. The Labute approximate surface area is 89.1 Å². The number of nitrogens with zero attached hydrogens (tertiary/aromatic N) is 2. The minimum Gasteiger partial charge on any atom is -0.481 e. The molecule has 5 heteroatoms. The second kappa shape index (κ2) is 5.38. The molecule has 5 nitrogen and oxygen atoms in total. The number of anilines is 1. The number of hydrogen-bond donors (Lipinski definition) is 2. The van der Waals surface area contributed by atoms with E-state index in [1.165, 1.54) is 0 Å². The third-order valence-electron chi connectivity index (χ3n) is 2.22. The molecule has 1 heterocycles. The van der Waals surface area contributed by atoms with Gasteiger partial charge in [0.2, 0.25) is 5.95 Å². The Kier molecular flexibility index (Phi) is 4.15. The molecule has 0 amide bonds. The summed E-state index contributed by atoms with van der Waals surface area (Å²) in [6.07, 6.45) is 5.35. The van der Waals surface area contributed by atoms with Crippen molar-refractivity contribution in [2.24, 2.45) is 7.05 Å². The van der Waals surface area contributed by atoms with Gasteiger partial charge in [-0.2, -0.15) is 0 Å². The summed E-state index contributed by atoms with van der Waals surface area (Å²) in [7, 11) is 1.92. The zero-order valence-electron chi connectivity index (χ0n) is 9.10. The van der Waals surface area contributed by atoms with Crippen molar-refractivity contribution in [3.63, 3.8) is 0 Å². The molecule has 0 aliphatic rings. The first-order chi connectivity index (χ1) is 7.09. The third-order valence-corrected chi connectivity index (χ3v) is 2.22. The van der Waals surface area contributed by atoms with Crippen LogP contribution in [0.3, 0.4) is 0 Å². The maximum absolute atomic E-state index is 10.3. The Morgan fingerprint density at radius 3 is 3.00 bits per heavy atom. The summed E-state index contributed by atoms with van der Waals surface area (Å²) in [6, 6.07) is 0.241. The van der Waals surface area contributed by atoms with Gasteiger partial charge in [0.15, 0.2) is 0 Å². The fourth-order valence-corrected chi connectivity index (χ4v) is 1.36. The molecule has 1 aromatic heterocycles. The number of carbonyl (C=O) groups is 1. The van der Waals surface area contributed by atoms with E-state index >= 15 is 0 Å². The van der Waals surface area contributed by atoms with Crippen LogP contribution >= 0.6 is 0 Å². The van der Waals surface area contributed by atoms with Gasteiger partial charge in [-0.05, 0) is 19.8 Å². The van der Waals surface area contributed by atoms with E-state index in [4.69, 9.17) is 5.11 Å². The van der Waals surface area contributed by atoms with Crippen molar-refractivity contribution in [2.75, 3.05) is 5.32 Å². The monoisotopic (exact) mass is 211 g/mol. The van der Waals surface area contributed by atoms with Gasteiger partial charge >= 0.3 is 5.97 Å². The first-order valence-corrected chi connectivity index (χ1v) is 5.05. The number of carboxylic acid groups (broad SMARTS) is 1. The molecular formula is C10H17N3O2. The summed E-state index contributed by atoms with van der Waals surface area (Å²) < 4.78 is 1.90. The summed E-state index contributed by atoms with van der Waals surface area (Å²) in [5, 5.41) is 11.7. The SMILES string of the molecule is CC(CCCC(=O)O)Nc1nccn1C. The zero-order valence-corrected chi connectivity index (χ0v) is 9.10. The van der Waals surface area contributed by atoms with Crippen molar-refractivity contribution >= 4 is 11.9 Å². The quantitative estimate of drug-likeness (QED) is 0.747. The van der Waals surface area contributed by atoms with Crippen LogP contribution in [-0.2, 0) is 11.8 Å². The topological polar surface area (TPSA) is 67.2 Å². The summed E-state index contributed by atoms with van der Waals surface area (Å²) in [6.45, 7) is 2.02. The zero-order chi connectivity index (χ0) is 11.3. The molecule has 1 unspecified atom stereocenters. The van der Waals surface area contributed by atoms with Gasteiger partial charge in [0.25, 0.3) is 0 Å². The van der Waals surface area contributed by atoms with Gasteiger partial charge in [0, 0.05) is 31.9 Å². The molecule has 0 fully saturated rings. The number of carboxylic acids is 1. The lowest BCUT2D eigenvalue weighted by Gasteiger charge is -2.13. The number of imidazole rings is 1. The maximum atomic E-state index is 10.3. The highest BCUT2D eigenvalue weighted by atomic mass is 16.4. The van der Waals surface area contributed by atoms with Crippen LogP contribution in [0.25, 0.3) is 0 Å². The van der Waals surface area contributed by atoms with Gasteiger partial charge in [-0.1, -0.05) is 0 Å². The summed E-state index contributed by atoms with van der Waals surface area (Å²) in [5.41, 5.74) is 0.